The maximum atomic E-state index is 12.1. The van der Waals surface area contributed by atoms with Crippen LogP contribution < -0.4 is 10.4 Å². The van der Waals surface area contributed by atoms with E-state index in [1.54, 1.807) is 35.0 Å². The van der Waals surface area contributed by atoms with Gasteiger partial charge in [-0.05, 0) is 35.9 Å². The molecule has 0 saturated carbocycles. The molecule has 3 N–H and O–H groups in total. The van der Waals surface area contributed by atoms with Crippen molar-refractivity contribution in [3.05, 3.63) is 77.7 Å². The van der Waals surface area contributed by atoms with Gasteiger partial charge in [0.05, 0.1) is 11.7 Å². The first kappa shape index (κ1) is 18.6. The third-order valence-electron chi connectivity index (χ3n) is 4.61. The zero-order chi connectivity index (χ0) is 20.2. The van der Waals surface area contributed by atoms with Crippen LogP contribution in [0, 0.1) is 11.8 Å². The number of hydrogen-bond acceptors (Lipinski definition) is 6. The molecule has 144 valence electrons. The van der Waals surface area contributed by atoms with Crippen LogP contribution in [0.5, 0.6) is 0 Å². The van der Waals surface area contributed by atoms with Crippen LogP contribution in [-0.2, 0) is 0 Å². The van der Waals surface area contributed by atoms with Crippen LogP contribution in [0.3, 0.4) is 0 Å². The van der Waals surface area contributed by atoms with Crippen LogP contribution in [0.2, 0.25) is 0 Å². The third kappa shape index (κ3) is 4.09. The molecule has 1 fully saturated rings. The highest BCUT2D eigenvalue weighted by atomic mass is 16.5. The molecule has 1 amide bonds. The summed E-state index contributed by atoms with van der Waals surface area (Å²) in [6.07, 6.45) is 4.65. The molecule has 29 heavy (non-hydrogen) atoms. The van der Waals surface area contributed by atoms with E-state index in [2.05, 4.69) is 21.8 Å². The van der Waals surface area contributed by atoms with Crippen molar-refractivity contribution in [1.82, 2.24) is 15.4 Å². The lowest BCUT2D eigenvalue weighted by Gasteiger charge is -2.37. The molecular weight excluding hydrogens is 368 g/mol. The number of nitrogens with one attached hydrogen (secondary N) is 1. The smallest absolute Gasteiger partial charge is 0.278 e. The van der Waals surface area contributed by atoms with Gasteiger partial charge in [-0.2, -0.15) is 0 Å². The van der Waals surface area contributed by atoms with E-state index in [1.807, 2.05) is 36.4 Å². The van der Waals surface area contributed by atoms with Gasteiger partial charge >= 0.3 is 0 Å². The zero-order valence-electron chi connectivity index (χ0n) is 15.4. The number of aliphatic hydroxyl groups is 1. The zero-order valence-corrected chi connectivity index (χ0v) is 15.4. The van der Waals surface area contributed by atoms with Crippen molar-refractivity contribution in [1.29, 1.82) is 0 Å². The largest absolute Gasteiger partial charge is 0.389 e. The van der Waals surface area contributed by atoms with Gasteiger partial charge in [0.25, 0.3) is 5.91 Å². The summed E-state index contributed by atoms with van der Waals surface area (Å²) in [5, 5.41) is 18.6. The van der Waals surface area contributed by atoms with E-state index in [9.17, 15) is 9.90 Å². The lowest BCUT2D eigenvalue weighted by Crippen LogP contribution is -2.51. The van der Waals surface area contributed by atoms with Crippen LogP contribution in [0.1, 0.15) is 21.5 Å². The van der Waals surface area contributed by atoms with Crippen molar-refractivity contribution in [3.63, 3.8) is 0 Å². The maximum absolute atomic E-state index is 12.1. The monoisotopic (exact) mass is 386 g/mol. The Morgan fingerprint density at radius 1 is 1.07 bits per heavy atom. The fourth-order valence-electron chi connectivity index (χ4n) is 3.05. The first-order valence-corrected chi connectivity index (χ1v) is 9.04. The number of pyridine rings is 2. The molecule has 3 heterocycles. The van der Waals surface area contributed by atoms with Crippen molar-refractivity contribution in [2.45, 2.75) is 6.10 Å². The Labute approximate surface area is 167 Å². The van der Waals surface area contributed by atoms with Crippen molar-refractivity contribution >= 4 is 11.7 Å². The lowest BCUT2D eigenvalue weighted by molar-refractivity contribution is 0.0705. The van der Waals surface area contributed by atoms with Gasteiger partial charge in [0.15, 0.2) is 0 Å². The standard InChI is InChI=1S/C22H18N4O3/c27-19-13-26(14-19)21-20(22(28)25-29)10-18(12-24-21)17-7-5-15(6-8-17)3-4-16-2-1-9-23-11-16/h1-2,5-12,19,27,29H,13-14H2,(H,25,28). The van der Waals surface area contributed by atoms with Crippen LogP contribution in [0.15, 0.2) is 61.1 Å². The van der Waals surface area contributed by atoms with Crippen LogP contribution >= 0.6 is 0 Å². The Morgan fingerprint density at radius 2 is 1.83 bits per heavy atom. The first-order chi connectivity index (χ1) is 14.1. The number of anilines is 1. The van der Waals surface area contributed by atoms with Gasteiger partial charge in [-0.1, -0.05) is 24.0 Å². The quantitative estimate of drug-likeness (QED) is 0.361. The lowest BCUT2D eigenvalue weighted by atomic mass is 10.0. The average molecular weight is 386 g/mol. The number of carbonyl (C=O) groups excluding carboxylic acids is 1. The van der Waals surface area contributed by atoms with Gasteiger partial charge in [-0.3, -0.25) is 15.0 Å². The highest BCUT2D eigenvalue weighted by Gasteiger charge is 2.29. The first-order valence-electron chi connectivity index (χ1n) is 9.04. The number of hydrogen-bond donors (Lipinski definition) is 3. The average Bonchev–Trinajstić information content (AvgIpc) is 2.76. The van der Waals surface area contributed by atoms with Gasteiger partial charge in [0, 0.05) is 48.4 Å². The van der Waals surface area contributed by atoms with Gasteiger partial charge in [0.2, 0.25) is 0 Å². The summed E-state index contributed by atoms with van der Waals surface area (Å²) in [4.78, 5) is 22.3. The van der Waals surface area contributed by atoms with Crippen LogP contribution in [0.4, 0.5) is 5.82 Å². The fraction of sp³-hybridized carbons (Fsp3) is 0.136. The van der Waals surface area contributed by atoms with E-state index in [-0.39, 0.29) is 5.56 Å². The minimum atomic E-state index is -0.644. The number of benzene rings is 1. The number of β-amino-alcohol motifs (C(OH)–C–C–N with tert-alkyl or cyclic N) is 1. The molecule has 0 bridgehead atoms. The van der Waals surface area contributed by atoms with E-state index in [1.165, 1.54) is 0 Å². The molecule has 0 atom stereocenters. The molecular formula is C22H18N4O3. The maximum Gasteiger partial charge on any atom is 0.278 e. The highest BCUT2D eigenvalue weighted by Crippen LogP contribution is 2.28. The molecule has 1 aliphatic rings. The number of aliphatic hydroxyl groups excluding tert-OH is 1. The van der Waals surface area contributed by atoms with Crippen molar-refractivity contribution in [3.8, 4) is 23.0 Å². The molecule has 2 aromatic heterocycles. The summed E-state index contributed by atoms with van der Waals surface area (Å²) in [5.41, 5.74) is 5.21. The van der Waals surface area contributed by atoms with Crippen LogP contribution in [0.25, 0.3) is 11.1 Å². The van der Waals surface area contributed by atoms with Crippen molar-refractivity contribution in [2.24, 2.45) is 0 Å². The molecule has 3 aromatic rings. The highest BCUT2D eigenvalue weighted by molar-refractivity contribution is 5.99. The van der Waals surface area contributed by atoms with Crippen molar-refractivity contribution in [2.75, 3.05) is 18.0 Å². The summed E-state index contributed by atoms with van der Waals surface area (Å²) < 4.78 is 0. The second-order valence-electron chi connectivity index (χ2n) is 6.66. The second kappa shape index (κ2) is 8.10. The number of rotatable bonds is 3. The fourth-order valence-corrected chi connectivity index (χ4v) is 3.05. The molecule has 7 heteroatoms. The van der Waals surface area contributed by atoms with Gasteiger partial charge in [0.1, 0.15) is 5.82 Å². The van der Waals surface area contributed by atoms with E-state index in [0.717, 1.165) is 22.3 Å². The summed E-state index contributed by atoms with van der Waals surface area (Å²) in [5.74, 6) is 5.94. The predicted octanol–water partition coefficient (Wildman–Crippen LogP) is 1.84. The minimum absolute atomic E-state index is 0.248. The topological polar surface area (TPSA) is 98.6 Å². The minimum Gasteiger partial charge on any atom is -0.389 e. The molecule has 1 saturated heterocycles. The number of nitrogens with zero attached hydrogens (tertiary/aromatic N) is 3. The predicted molar refractivity (Wildman–Crippen MR) is 107 cm³/mol. The molecule has 0 spiro atoms. The molecule has 1 aliphatic heterocycles. The number of amides is 1. The Bertz CT molecular complexity index is 1080. The number of aromatic nitrogens is 2. The van der Waals surface area contributed by atoms with Crippen LogP contribution in [-0.4, -0.2) is 45.4 Å². The van der Waals surface area contributed by atoms with Gasteiger partial charge in [-0.15, -0.1) is 0 Å². The molecule has 7 nitrogen and oxygen atoms in total. The second-order valence-corrected chi connectivity index (χ2v) is 6.66. The van der Waals surface area contributed by atoms with Gasteiger partial charge < -0.3 is 10.0 Å². The SMILES string of the molecule is O=C(NO)c1cc(-c2ccc(C#Cc3cccnc3)cc2)cnc1N1CC(O)C1. The summed E-state index contributed by atoms with van der Waals surface area (Å²) in [6.45, 7) is 0.810. The molecule has 0 unspecified atom stereocenters. The number of hydroxylamine groups is 1. The Kier molecular flexibility index (Phi) is 5.20. The summed E-state index contributed by atoms with van der Waals surface area (Å²) >= 11 is 0. The molecule has 1 aromatic carbocycles. The normalized spacial score (nSPS) is 13.2. The van der Waals surface area contributed by atoms with E-state index in [0.29, 0.717) is 18.9 Å². The Hall–Kier alpha value is -3.73. The van der Waals surface area contributed by atoms with E-state index in [4.69, 9.17) is 5.21 Å². The molecule has 4 rings (SSSR count). The molecule has 0 radical (unpaired) electrons. The summed E-state index contributed by atoms with van der Waals surface area (Å²) in [6, 6.07) is 13.0. The Balaban J connectivity index is 1.59. The Morgan fingerprint density at radius 3 is 2.48 bits per heavy atom. The van der Waals surface area contributed by atoms with E-state index >= 15 is 0 Å². The number of carbonyl (C=O) groups is 1. The van der Waals surface area contributed by atoms with Gasteiger partial charge in [-0.25, -0.2) is 10.5 Å². The third-order valence-corrected chi connectivity index (χ3v) is 4.61. The molecule has 0 aliphatic carbocycles. The van der Waals surface area contributed by atoms with E-state index < -0.39 is 12.0 Å². The van der Waals surface area contributed by atoms with Crippen molar-refractivity contribution < 1.29 is 15.1 Å². The summed E-state index contributed by atoms with van der Waals surface area (Å²) in [7, 11) is 0.